The zero-order chi connectivity index (χ0) is 19.6. The summed E-state index contributed by atoms with van der Waals surface area (Å²) in [7, 11) is 0. The zero-order valence-electron chi connectivity index (χ0n) is 16.3. The number of H-pyrrole nitrogens is 1. The highest BCUT2D eigenvalue weighted by Gasteiger charge is 2.16. The lowest BCUT2D eigenvalue weighted by molar-refractivity contribution is -0.134. The molecule has 0 aliphatic carbocycles. The number of aromatic nitrogens is 1. The van der Waals surface area contributed by atoms with E-state index in [1.165, 1.54) is 19.8 Å². The van der Waals surface area contributed by atoms with Crippen molar-refractivity contribution in [3.05, 3.63) is 40.2 Å². The monoisotopic (exact) mass is 371 g/mol. The van der Waals surface area contributed by atoms with E-state index in [-0.39, 0.29) is 23.4 Å². The topological polar surface area (TPSA) is 76.2 Å². The quantitative estimate of drug-likeness (QED) is 0.458. The zero-order valence-corrected chi connectivity index (χ0v) is 16.3. The third-order valence-corrected chi connectivity index (χ3v) is 4.59. The van der Waals surface area contributed by atoms with Crippen LogP contribution >= 0.6 is 0 Å². The normalized spacial score (nSPS) is 10.9. The Labute approximate surface area is 160 Å². The lowest BCUT2D eigenvalue weighted by Crippen LogP contribution is -2.18. The van der Waals surface area contributed by atoms with Gasteiger partial charge in [-0.1, -0.05) is 44.7 Å². The molecule has 0 aliphatic rings. The van der Waals surface area contributed by atoms with E-state index < -0.39 is 5.97 Å². The summed E-state index contributed by atoms with van der Waals surface area (Å²) in [4.78, 5) is 39.3. The number of carbonyl (C=O) groups is 2. The van der Waals surface area contributed by atoms with Crippen molar-refractivity contribution in [1.29, 1.82) is 0 Å². The molecule has 27 heavy (non-hydrogen) atoms. The number of ether oxygens (including phenoxy) is 1. The Hall–Kier alpha value is -2.43. The van der Waals surface area contributed by atoms with Gasteiger partial charge >= 0.3 is 5.97 Å². The fourth-order valence-corrected chi connectivity index (χ4v) is 3.10. The number of pyridine rings is 1. The summed E-state index contributed by atoms with van der Waals surface area (Å²) >= 11 is 0. The molecule has 0 radical (unpaired) electrons. The highest BCUT2D eigenvalue weighted by Crippen LogP contribution is 2.20. The summed E-state index contributed by atoms with van der Waals surface area (Å²) < 4.78 is 5.45. The van der Waals surface area contributed by atoms with Crippen molar-refractivity contribution in [2.45, 2.75) is 71.6 Å². The Balaban J connectivity index is 2.18. The molecule has 0 unspecified atom stereocenters. The van der Waals surface area contributed by atoms with Crippen LogP contribution in [0.2, 0.25) is 0 Å². The first-order valence-electron chi connectivity index (χ1n) is 9.87. The Kier molecular flexibility index (Phi) is 8.24. The number of esters is 1. The smallest absolute Gasteiger partial charge is 0.311 e. The maximum Gasteiger partial charge on any atom is 0.311 e. The Bertz CT molecular complexity index is 838. The molecule has 5 heteroatoms. The molecule has 1 aromatic heterocycles. The van der Waals surface area contributed by atoms with Crippen LogP contribution in [0, 0.1) is 0 Å². The van der Waals surface area contributed by atoms with Crippen LogP contribution in [0.25, 0.3) is 10.9 Å². The van der Waals surface area contributed by atoms with E-state index in [1.54, 1.807) is 12.1 Å². The molecule has 0 aliphatic heterocycles. The van der Waals surface area contributed by atoms with E-state index in [0.29, 0.717) is 30.3 Å². The molecular formula is C22H29NO4. The summed E-state index contributed by atoms with van der Waals surface area (Å²) in [6, 6.07) is 7.25. The van der Waals surface area contributed by atoms with Gasteiger partial charge in [0.1, 0.15) is 5.78 Å². The minimum absolute atomic E-state index is 0.0409. The van der Waals surface area contributed by atoms with Crippen LogP contribution in [-0.2, 0) is 16.0 Å². The summed E-state index contributed by atoms with van der Waals surface area (Å²) in [5, 5.41) is 0.513. The van der Waals surface area contributed by atoms with E-state index in [1.807, 2.05) is 12.1 Å². The Morgan fingerprint density at radius 2 is 1.74 bits per heavy atom. The molecule has 2 aromatic rings. The second-order valence-corrected chi connectivity index (χ2v) is 7.00. The summed E-state index contributed by atoms with van der Waals surface area (Å²) in [5.74, 6) is -0.319. The maximum absolute atomic E-state index is 12.9. The number of fused-ring (bicyclic) bond motifs is 1. The summed E-state index contributed by atoms with van der Waals surface area (Å²) in [6.07, 6.45) is 7.12. The van der Waals surface area contributed by atoms with Crippen molar-refractivity contribution in [2.75, 3.05) is 0 Å². The van der Waals surface area contributed by atoms with Gasteiger partial charge in [0.25, 0.3) is 0 Å². The van der Waals surface area contributed by atoms with Gasteiger partial charge < -0.3 is 14.5 Å². The number of benzene rings is 1. The fraction of sp³-hybridized carbons (Fsp3) is 0.500. The maximum atomic E-state index is 12.9. The molecular weight excluding hydrogens is 342 g/mol. The van der Waals surface area contributed by atoms with Gasteiger partial charge in [0, 0.05) is 23.7 Å². The van der Waals surface area contributed by atoms with Gasteiger partial charge in [-0.2, -0.15) is 0 Å². The average molecular weight is 371 g/mol. The molecule has 1 heterocycles. The minimum atomic E-state index is -0.468. The summed E-state index contributed by atoms with van der Waals surface area (Å²) in [6.45, 7) is 3.67. The van der Waals surface area contributed by atoms with Crippen molar-refractivity contribution < 1.29 is 14.3 Å². The lowest BCUT2D eigenvalue weighted by atomic mass is 10.1. The van der Waals surface area contributed by atoms with Crippen LogP contribution in [0.5, 0.6) is 5.75 Å². The van der Waals surface area contributed by atoms with Crippen molar-refractivity contribution in [2.24, 2.45) is 0 Å². The van der Waals surface area contributed by atoms with Crippen molar-refractivity contribution in [3.8, 4) is 5.75 Å². The highest BCUT2D eigenvalue weighted by molar-refractivity contribution is 5.82. The van der Waals surface area contributed by atoms with Gasteiger partial charge in [-0.15, -0.1) is 0 Å². The standard InChI is InChI=1S/C22H29NO4/c1-3-4-5-6-7-14-19-22(27-20(25)15-10-11-16(2)24)21(26)17-12-8-9-13-18(17)23-19/h8-9,12-13H,3-7,10-11,14-15H2,1-2H3,(H,23,26). The molecule has 0 fully saturated rings. The molecule has 146 valence electrons. The third-order valence-electron chi connectivity index (χ3n) is 4.59. The van der Waals surface area contributed by atoms with Crippen molar-refractivity contribution >= 4 is 22.7 Å². The summed E-state index contributed by atoms with van der Waals surface area (Å²) in [5.41, 5.74) is 1.17. The number of para-hydroxylation sites is 1. The van der Waals surface area contributed by atoms with E-state index in [0.717, 1.165) is 24.8 Å². The van der Waals surface area contributed by atoms with E-state index in [4.69, 9.17) is 4.74 Å². The van der Waals surface area contributed by atoms with Crippen LogP contribution in [0.4, 0.5) is 0 Å². The van der Waals surface area contributed by atoms with Crippen molar-refractivity contribution in [1.82, 2.24) is 4.98 Å². The number of nitrogens with one attached hydrogen (secondary N) is 1. The van der Waals surface area contributed by atoms with Crippen LogP contribution in [0.15, 0.2) is 29.1 Å². The number of aromatic amines is 1. The predicted octanol–water partition coefficient (Wildman–Crippen LogP) is 4.71. The van der Waals surface area contributed by atoms with Gasteiger partial charge in [0.05, 0.1) is 5.69 Å². The van der Waals surface area contributed by atoms with Crippen LogP contribution < -0.4 is 10.2 Å². The third kappa shape index (κ3) is 6.35. The van der Waals surface area contributed by atoms with Crippen molar-refractivity contribution in [3.63, 3.8) is 0 Å². The number of hydrogen-bond donors (Lipinski definition) is 1. The Morgan fingerprint density at radius 1 is 1.00 bits per heavy atom. The van der Waals surface area contributed by atoms with E-state index >= 15 is 0 Å². The average Bonchev–Trinajstić information content (AvgIpc) is 2.64. The van der Waals surface area contributed by atoms with Crippen LogP contribution in [0.3, 0.4) is 0 Å². The number of carbonyl (C=O) groups excluding carboxylic acids is 2. The Morgan fingerprint density at radius 3 is 2.48 bits per heavy atom. The second kappa shape index (κ2) is 10.7. The molecule has 0 amide bonds. The number of ketones is 1. The number of hydrogen-bond acceptors (Lipinski definition) is 4. The van der Waals surface area contributed by atoms with Crippen LogP contribution in [0.1, 0.15) is 70.9 Å². The number of Topliss-reactive ketones (excluding diaryl/α,β-unsaturated/α-hetero) is 1. The first kappa shape index (κ1) is 20.9. The number of rotatable bonds is 11. The molecule has 0 saturated carbocycles. The lowest BCUT2D eigenvalue weighted by Gasteiger charge is -2.12. The SMILES string of the molecule is CCCCCCCc1[nH]c2ccccc2c(=O)c1OC(=O)CCCC(C)=O. The van der Waals surface area contributed by atoms with Crippen LogP contribution in [-0.4, -0.2) is 16.7 Å². The number of unbranched alkanes of at least 4 members (excludes halogenated alkanes) is 4. The van der Waals surface area contributed by atoms with Gasteiger partial charge in [-0.3, -0.25) is 9.59 Å². The van der Waals surface area contributed by atoms with Gasteiger partial charge in [0.2, 0.25) is 5.43 Å². The molecule has 2 rings (SSSR count). The molecule has 0 atom stereocenters. The molecule has 1 N–H and O–H groups in total. The molecule has 5 nitrogen and oxygen atoms in total. The molecule has 0 saturated heterocycles. The first-order valence-corrected chi connectivity index (χ1v) is 9.87. The molecule has 0 bridgehead atoms. The first-order chi connectivity index (χ1) is 13.0. The highest BCUT2D eigenvalue weighted by atomic mass is 16.5. The van der Waals surface area contributed by atoms with E-state index in [2.05, 4.69) is 11.9 Å². The van der Waals surface area contributed by atoms with Gasteiger partial charge in [-0.25, -0.2) is 0 Å². The predicted molar refractivity (Wildman–Crippen MR) is 107 cm³/mol. The largest absolute Gasteiger partial charge is 0.420 e. The van der Waals surface area contributed by atoms with Gasteiger partial charge in [0.15, 0.2) is 5.75 Å². The van der Waals surface area contributed by atoms with Gasteiger partial charge in [-0.05, 0) is 38.3 Å². The number of aryl methyl sites for hydroxylation is 1. The molecule has 1 aromatic carbocycles. The molecule has 0 spiro atoms. The second-order valence-electron chi connectivity index (χ2n) is 7.00. The van der Waals surface area contributed by atoms with E-state index in [9.17, 15) is 14.4 Å². The minimum Gasteiger partial charge on any atom is -0.420 e. The fourth-order valence-electron chi connectivity index (χ4n) is 3.10.